The predicted molar refractivity (Wildman–Crippen MR) is 60.4 cm³/mol. The molecule has 5 heteroatoms. The Kier molecular flexibility index (Phi) is 3.08. The van der Waals surface area contributed by atoms with Gasteiger partial charge in [-0.05, 0) is 23.8 Å². The van der Waals surface area contributed by atoms with Gasteiger partial charge in [-0.25, -0.2) is 9.97 Å². The molecular weight excluding hydrogens is 196 g/mol. The zero-order chi connectivity index (χ0) is 9.80. The maximum absolute atomic E-state index is 5.55. The van der Waals surface area contributed by atoms with Crippen molar-refractivity contribution in [3.8, 4) is 0 Å². The second-order valence-electron chi connectivity index (χ2n) is 3.44. The molecule has 76 valence electrons. The lowest BCUT2D eigenvalue weighted by atomic mass is 10.1. The van der Waals surface area contributed by atoms with Crippen LogP contribution in [-0.4, -0.2) is 28.0 Å². The van der Waals surface area contributed by atoms with Crippen LogP contribution in [-0.2, 0) is 0 Å². The van der Waals surface area contributed by atoms with E-state index in [1.807, 2.05) is 11.8 Å². The number of nitrogen functional groups attached to an aromatic ring is 1. The van der Waals surface area contributed by atoms with Gasteiger partial charge in [0.15, 0.2) is 0 Å². The zero-order valence-electron chi connectivity index (χ0n) is 7.94. The molecule has 0 saturated carbocycles. The maximum atomic E-state index is 5.55. The Labute approximate surface area is 87.7 Å². The molecule has 0 aliphatic carbocycles. The van der Waals surface area contributed by atoms with Crippen molar-refractivity contribution in [2.75, 3.05) is 29.1 Å². The molecule has 2 heterocycles. The fourth-order valence-electron chi connectivity index (χ4n) is 1.46. The molecule has 4 nitrogen and oxygen atoms in total. The fourth-order valence-corrected chi connectivity index (χ4v) is 2.75. The van der Waals surface area contributed by atoms with E-state index in [1.54, 1.807) is 6.07 Å². The van der Waals surface area contributed by atoms with Crippen molar-refractivity contribution in [3.63, 3.8) is 0 Å². The van der Waals surface area contributed by atoms with Crippen molar-refractivity contribution in [2.24, 2.45) is 5.92 Å². The van der Waals surface area contributed by atoms with Gasteiger partial charge in [0.2, 0.25) is 0 Å². The fraction of sp³-hybridized carbons (Fsp3) is 0.556. The highest BCUT2D eigenvalue weighted by atomic mass is 32.2. The summed E-state index contributed by atoms with van der Waals surface area (Å²) in [5.41, 5.74) is 5.55. The molecule has 0 radical (unpaired) electrons. The monoisotopic (exact) mass is 210 g/mol. The molecule has 1 aromatic rings. The van der Waals surface area contributed by atoms with Crippen molar-refractivity contribution < 1.29 is 0 Å². The van der Waals surface area contributed by atoms with E-state index in [0.29, 0.717) is 5.82 Å². The second-order valence-corrected chi connectivity index (χ2v) is 4.59. The van der Waals surface area contributed by atoms with Crippen LogP contribution < -0.4 is 11.1 Å². The predicted octanol–water partition coefficient (Wildman–Crippen LogP) is 1.22. The van der Waals surface area contributed by atoms with Crippen LogP contribution in [0.3, 0.4) is 0 Å². The number of hydrogen-bond donors (Lipinski definition) is 2. The van der Waals surface area contributed by atoms with Gasteiger partial charge in [0.1, 0.15) is 18.0 Å². The SMILES string of the molecule is Nc1cc(NCC2CCSC2)ncn1. The Morgan fingerprint density at radius 2 is 2.50 bits per heavy atom. The minimum atomic E-state index is 0.517. The first kappa shape index (κ1) is 9.58. The Morgan fingerprint density at radius 3 is 3.21 bits per heavy atom. The summed E-state index contributed by atoms with van der Waals surface area (Å²) in [5.74, 6) is 4.67. The number of aromatic nitrogens is 2. The van der Waals surface area contributed by atoms with Crippen molar-refractivity contribution in [1.29, 1.82) is 0 Å². The van der Waals surface area contributed by atoms with Gasteiger partial charge in [0.25, 0.3) is 0 Å². The summed E-state index contributed by atoms with van der Waals surface area (Å²) in [5, 5.41) is 3.28. The van der Waals surface area contributed by atoms with Gasteiger partial charge in [-0.2, -0.15) is 11.8 Å². The molecule has 0 aromatic carbocycles. The molecule has 1 aromatic heterocycles. The van der Waals surface area contributed by atoms with Gasteiger partial charge in [-0.1, -0.05) is 0 Å². The molecule has 2 rings (SSSR count). The third-order valence-corrected chi connectivity index (χ3v) is 3.52. The number of anilines is 2. The van der Waals surface area contributed by atoms with E-state index in [0.717, 1.165) is 18.3 Å². The molecule has 1 unspecified atom stereocenters. The first-order chi connectivity index (χ1) is 6.84. The van der Waals surface area contributed by atoms with Crippen LogP contribution in [0.4, 0.5) is 11.6 Å². The molecule has 1 atom stereocenters. The van der Waals surface area contributed by atoms with Crippen LogP contribution in [0.25, 0.3) is 0 Å². The standard InChI is InChI=1S/C9H14N4S/c10-8-3-9(13-6-12-8)11-4-7-1-2-14-5-7/h3,6-7H,1-2,4-5H2,(H3,10,11,12,13). The molecule has 1 fully saturated rings. The Morgan fingerprint density at radius 1 is 1.57 bits per heavy atom. The quantitative estimate of drug-likeness (QED) is 0.785. The molecule has 14 heavy (non-hydrogen) atoms. The van der Waals surface area contributed by atoms with Crippen molar-refractivity contribution in [1.82, 2.24) is 9.97 Å². The summed E-state index contributed by atoms with van der Waals surface area (Å²) in [6.07, 6.45) is 2.79. The third-order valence-electron chi connectivity index (χ3n) is 2.28. The van der Waals surface area contributed by atoms with Crippen LogP contribution in [0.2, 0.25) is 0 Å². The summed E-state index contributed by atoms with van der Waals surface area (Å²) in [6, 6.07) is 1.77. The number of hydrogen-bond acceptors (Lipinski definition) is 5. The normalized spacial score (nSPS) is 21.0. The topological polar surface area (TPSA) is 63.8 Å². The van der Waals surface area contributed by atoms with Crippen LogP contribution in [0.15, 0.2) is 12.4 Å². The highest BCUT2D eigenvalue weighted by Crippen LogP contribution is 2.23. The molecule has 0 bridgehead atoms. The van der Waals surface area contributed by atoms with Crippen molar-refractivity contribution >= 4 is 23.4 Å². The summed E-state index contributed by atoms with van der Waals surface area (Å²) >= 11 is 2.02. The number of nitrogens with zero attached hydrogens (tertiary/aromatic N) is 2. The first-order valence-electron chi connectivity index (χ1n) is 4.74. The van der Waals surface area contributed by atoms with E-state index in [1.165, 1.54) is 24.3 Å². The lowest BCUT2D eigenvalue weighted by Gasteiger charge is -2.10. The van der Waals surface area contributed by atoms with Gasteiger partial charge in [0, 0.05) is 12.6 Å². The van der Waals surface area contributed by atoms with Gasteiger partial charge >= 0.3 is 0 Å². The minimum Gasteiger partial charge on any atom is -0.384 e. The van der Waals surface area contributed by atoms with Crippen molar-refractivity contribution in [3.05, 3.63) is 12.4 Å². The Hall–Kier alpha value is -0.970. The van der Waals surface area contributed by atoms with Gasteiger partial charge in [-0.3, -0.25) is 0 Å². The maximum Gasteiger partial charge on any atom is 0.131 e. The number of nitrogens with two attached hydrogens (primary N) is 1. The van der Waals surface area contributed by atoms with E-state index in [4.69, 9.17) is 5.73 Å². The van der Waals surface area contributed by atoms with Crippen LogP contribution >= 0.6 is 11.8 Å². The summed E-state index contributed by atoms with van der Waals surface area (Å²) in [4.78, 5) is 7.93. The van der Waals surface area contributed by atoms with Gasteiger partial charge in [-0.15, -0.1) is 0 Å². The van der Waals surface area contributed by atoms with Crippen LogP contribution in [0, 0.1) is 5.92 Å². The zero-order valence-corrected chi connectivity index (χ0v) is 8.76. The largest absolute Gasteiger partial charge is 0.384 e. The number of rotatable bonds is 3. The van der Waals surface area contributed by atoms with Crippen molar-refractivity contribution in [2.45, 2.75) is 6.42 Å². The van der Waals surface area contributed by atoms with E-state index >= 15 is 0 Å². The highest BCUT2D eigenvalue weighted by Gasteiger charge is 2.14. The smallest absolute Gasteiger partial charge is 0.131 e. The van der Waals surface area contributed by atoms with E-state index < -0.39 is 0 Å². The Bertz CT molecular complexity index is 299. The van der Waals surface area contributed by atoms with Gasteiger partial charge < -0.3 is 11.1 Å². The van der Waals surface area contributed by atoms with Crippen LogP contribution in [0.1, 0.15) is 6.42 Å². The minimum absolute atomic E-state index is 0.517. The summed E-state index contributed by atoms with van der Waals surface area (Å²) in [6.45, 7) is 0.990. The summed E-state index contributed by atoms with van der Waals surface area (Å²) < 4.78 is 0. The average molecular weight is 210 g/mol. The number of thioether (sulfide) groups is 1. The van der Waals surface area contributed by atoms with Gasteiger partial charge in [0.05, 0.1) is 0 Å². The number of nitrogens with one attached hydrogen (secondary N) is 1. The van der Waals surface area contributed by atoms with Crippen LogP contribution in [0.5, 0.6) is 0 Å². The molecule has 0 spiro atoms. The van der Waals surface area contributed by atoms with E-state index in [2.05, 4.69) is 15.3 Å². The Balaban J connectivity index is 1.85. The summed E-state index contributed by atoms with van der Waals surface area (Å²) in [7, 11) is 0. The third kappa shape index (κ3) is 2.51. The molecule has 1 aliphatic heterocycles. The molecule has 3 N–H and O–H groups in total. The molecule has 1 saturated heterocycles. The molecule has 1 aliphatic rings. The lowest BCUT2D eigenvalue weighted by molar-refractivity contribution is 0.630. The highest BCUT2D eigenvalue weighted by molar-refractivity contribution is 7.99. The van der Waals surface area contributed by atoms with E-state index in [9.17, 15) is 0 Å². The van der Waals surface area contributed by atoms with E-state index in [-0.39, 0.29) is 0 Å². The average Bonchev–Trinajstić information content (AvgIpc) is 2.67. The first-order valence-corrected chi connectivity index (χ1v) is 5.89. The second kappa shape index (κ2) is 4.50. The molecule has 0 amide bonds. The molecular formula is C9H14N4S. The lowest BCUT2D eigenvalue weighted by Crippen LogP contribution is -2.14.